The number of nitrogens with one attached hydrogen (secondary N) is 2. The topological polar surface area (TPSA) is 59.6 Å². The summed E-state index contributed by atoms with van der Waals surface area (Å²) in [5.74, 6) is 0.776. The van der Waals surface area contributed by atoms with Crippen molar-refractivity contribution in [2.45, 2.75) is 39.2 Å². The maximum atomic E-state index is 11.7. The number of rotatable bonds is 9. The molecule has 0 saturated carbocycles. The second-order valence-electron chi connectivity index (χ2n) is 6.72. The Morgan fingerprint density at radius 3 is 2.43 bits per heavy atom. The van der Waals surface area contributed by atoms with Gasteiger partial charge in [-0.3, -0.25) is 4.79 Å². The molecule has 1 aromatic rings. The third-order valence-electron chi connectivity index (χ3n) is 3.40. The van der Waals surface area contributed by atoms with Gasteiger partial charge in [-0.1, -0.05) is 32.9 Å². The highest BCUT2D eigenvalue weighted by Crippen LogP contribution is 2.24. The molecule has 5 nitrogen and oxygen atoms in total. The molecule has 0 heterocycles. The Hall–Kier alpha value is -1.59. The van der Waals surface area contributed by atoms with Crippen molar-refractivity contribution >= 4 is 5.91 Å². The number of carbonyl (C=O) groups excluding carboxylic acids is 1. The molecule has 1 atom stereocenters. The van der Waals surface area contributed by atoms with E-state index in [2.05, 4.69) is 43.5 Å². The lowest BCUT2D eigenvalue weighted by Crippen LogP contribution is -2.42. The van der Waals surface area contributed by atoms with Gasteiger partial charge in [-0.25, -0.2) is 0 Å². The molecule has 5 heteroatoms. The average Bonchev–Trinajstić information content (AvgIpc) is 2.49. The summed E-state index contributed by atoms with van der Waals surface area (Å²) in [6, 6.07) is 8.06. The summed E-state index contributed by atoms with van der Waals surface area (Å²) in [4.78, 5) is 11.7. The molecule has 2 N–H and O–H groups in total. The molecule has 0 fully saturated rings. The fourth-order valence-corrected chi connectivity index (χ4v) is 2.02. The van der Waals surface area contributed by atoms with Gasteiger partial charge in [0, 0.05) is 13.7 Å². The smallest absolute Gasteiger partial charge is 0.234 e. The second kappa shape index (κ2) is 9.53. The van der Waals surface area contributed by atoms with E-state index >= 15 is 0 Å². The number of hydrogen-bond donors (Lipinski definition) is 2. The molecular formula is C18H30N2O3. The van der Waals surface area contributed by atoms with Gasteiger partial charge in [0.05, 0.1) is 19.2 Å². The van der Waals surface area contributed by atoms with Gasteiger partial charge in [0.2, 0.25) is 5.91 Å². The van der Waals surface area contributed by atoms with E-state index in [1.807, 2.05) is 19.1 Å². The van der Waals surface area contributed by atoms with E-state index in [9.17, 15) is 4.79 Å². The lowest BCUT2D eigenvalue weighted by atomic mass is 9.87. The summed E-state index contributed by atoms with van der Waals surface area (Å²) >= 11 is 0. The van der Waals surface area contributed by atoms with Gasteiger partial charge < -0.3 is 20.1 Å². The fourth-order valence-electron chi connectivity index (χ4n) is 2.02. The minimum Gasteiger partial charge on any atom is -0.491 e. The van der Waals surface area contributed by atoms with Crippen LogP contribution in [0.3, 0.4) is 0 Å². The predicted octanol–water partition coefficient (Wildman–Crippen LogP) is 2.10. The predicted molar refractivity (Wildman–Crippen MR) is 93.0 cm³/mol. The molecule has 0 aliphatic carbocycles. The number of hydrogen-bond acceptors (Lipinski definition) is 4. The Balaban J connectivity index is 2.30. The van der Waals surface area contributed by atoms with Crippen LogP contribution in [0.5, 0.6) is 5.75 Å². The molecule has 1 amide bonds. The standard InChI is InChI=1S/C18H30N2O3/c1-14(20-17(21)12-19-10-11-22-5)13-23-16-8-6-15(7-9-16)18(2,3)4/h6-9,14,19H,10-13H2,1-5H3,(H,20,21). The van der Waals surface area contributed by atoms with Gasteiger partial charge in [0.15, 0.2) is 0 Å². The molecule has 0 aromatic heterocycles. The number of methoxy groups -OCH3 is 1. The number of ether oxygens (including phenoxy) is 2. The highest BCUT2D eigenvalue weighted by atomic mass is 16.5. The third kappa shape index (κ3) is 8.00. The normalized spacial score (nSPS) is 12.7. The number of benzene rings is 1. The summed E-state index contributed by atoms with van der Waals surface area (Å²) in [6.07, 6.45) is 0. The van der Waals surface area contributed by atoms with Crippen LogP contribution >= 0.6 is 0 Å². The lowest BCUT2D eigenvalue weighted by molar-refractivity contribution is -0.121. The van der Waals surface area contributed by atoms with Gasteiger partial charge in [0.1, 0.15) is 12.4 Å². The quantitative estimate of drug-likeness (QED) is 0.684. The Labute approximate surface area is 139 Å². The van der Waals surface area contributed by atoms with Crippen molar-refractivity contribution in [1.82, 2.24) is 10.6 Å². The molecule has 1 unspecified atom stereocenters. The van der Waals surface area contributed by atoms with Crippen LogP contribution in [0.1, 0.15) is 33.3 Å². The van der Waals surface area contributed by atoms with Crippen molar-refractivity contribution in [3.8, 4) is 5.75 Å². The van der Waals surface area contributed by atoms with Gasteiger partial charge in [-0.2, -0.15) is 0 Å². The maximum absolute atomic E-state index is 11.7. The Morgan fingerprint density at radius 2 is 1.87 bits per heavy atom. The van der Waals surface area contributed by atoms with E-state index in [4.69, 9.17) is 9.47 Å². The monoisotopic (exact) mass is 322 g/mol. The van der Waals surface area contributed by atoms with Crippen molar-refractivity contribution in [1.29, 1.82) is 0 Å². The summed E-state index contributed by atoms with van der Waals surface area (Å²) < 4.78 is 10.6. The summed E-state index contributed by atoms with van der Waals surface area (Å²) in [6.45, 7) is 10.5. The molecule has 0 aliphatic rings. The highest BCUT2D eigenvalue weighted by molar-refractivity contribution is 5.78. The Morgan fingerprint density at radius 1 is 1.22 bits per heavy atom. The molecule has 1 rings (SSSR count). The number of carbonyl (C=O) groups is 1. The molecule has 0 bridgehead atoms. The lowest BCUT2D eigenvalue weighted by Gasteiger charge is -2.20. The van der Waals surface area contributed by atoms with Gasteiger partial charge in [-0.15, -0.1) is 0 Å². The molecular weight excluding hydrogens is 292 g/mol. The van der Waals surface area contributed by atoms with Crippen molar-refractivity contribution < 1.29 is 14.3 Å². The molecule has 23 heavy (non-hydrogen) atoms. The zero-order chi connectivity index (χ0) is 17.3. The highest BCUT2D eigenvalue weighted by Gasteiger charge is 2.13. The van der Waals surface area contributed by atoms with E-state index < -0.39 is 0 Å². The van der Waals surface area contributed by atoms with Crippen molar-refractivity contribution in [3.05, 3.63) is 29.8 Å². The SMILES string of the molecule is COCCNCC(=O)NC(C)COc1ccc(C(C)(C)C)cc1. The van der Waals surface area contributed by atoms with E-state index in [-0.39, 0.29) is 23.9 Å². The van der Waals surface area contributed by atoms with Crippen molar-refractivity contribution in [2.24, 2.45) is 0 Å². The first kappa shape index (κ1) is 19.5. The Kier molecular flexibility index (Phi) is 8.06. The molecule has 130 valence electrons. The summed E-state index contributed by atoms with van der Waals surface area (Å²) in [7, 11) is 1.63. The second-order valence-corrected chi connectivity index (χ2v) is 6.72. The minimum atomic E-state index is -0.0472. The van der Waals surface area contributed by atoms with Gasteiger partial charge >= 0.3 is 0 Å². The zero-order valence-electron chi connectivity index (χ0n) is 14.9. The molecule has 0 saturated heterocycles. The van der Waals surface area contributed by atoms with Crippen LogP contribution < -0.4 is 15.4 Å². The third-order valence-corrected chi connectivity index (χ3v) is 3.40. The van der Waals surface area contributed by atoms with Crippen molar-refractivity contribution in [3.63, 3.8) is 0 Å². The molecule has 0 aliphatic heterocycles. The van der Waals surface area contributed by atoms with Crippen LogP contribution in [0, 0.1) is 0 Å². The van der Waals surface area contributed by atoms with E-state index in [0.29, 0.717) is 19.8 Å². The first-order valence-corrected chi connectivity index (χ1v) is 8.05. The first-order valence-electron chi connectivity index (χ1n) is 8.05. The fraction of sp³-hybridized carbons (Fsp3) is 0.611. The summed E-state index contributed by atoms with van der Waals surface area (Å²) in [5, 5.41) is 5.90. The zero-order valence-corrected chi connectivity index (χ0v) is 14.9. The minimum absolute atomic E-state index is 0.0414. The van der Waals surface area contributed by atoms with E-state index in [0.717, 1.165) is 5.75 Å². The maximum Gasteiger partial charge on any atom is 0.234 e. The molecule has 1 aromatic carbocycles. The molecule has 0 spiro atoms. The Bertz CT molecular complexity index is 466. The van der Waals surface area contributed by atoms with Crippen LogP contribution in [-0.4, -0.2) is 45.4 Å². The van der Waals surface area contributed by atoms with Crippen LogP contribution in [0.2, 0.25) is 0 Å². The number of amides is 1. The van der Waals surface area contributed by atoms with Crippen LogP contribution in [0.4, 0.5) is 0 Å². The van der Waals surface area contributed by atoms with Crippen molar-refractivity contribution in [2.75, 3.05) is 33.4 Å². The molecule has 0 radical (unpaired) electrons. The van der Waals surface area contributed by atoms with E-state index in [1.165, 1.54) is 5.56 Å². The largest absolute Gasteiger partial charge is 0.491 e. The van der Waals surface area contributed by atoms with Gasteiger partial charge in [-0.05, 0) is 30.0 Å². The van der Waals surface area contributed by atoms with Crippen LogP contribution in [0.15, 0.2) is 24.3 Å². The first-order chi connectivity index (χ1) is 10.8. The average molecular weight is 322 g/mol. The van der Waals surface area contributed by atoms with Crippen LogP contribution in [0.25, 0.3) is 0 Å². The van der Waals surface area contributed by atoms with Gasteiger partial charge in [0.25, 0.3) is 0 Å². The van der Waals surface area contributed by atoms with E-state index in [1.54, 1.807) is 7.11 Å². The summed E-state index contributed by atoms with van der Waals surface area (Å²) in [5.41, 5.74) is 1.41. The van der Waals surface area contributed by atoms with Crippen LogP contribution in [-0.2, 0) is 14.9 Å².